The third kappa shape index (κ3) is 3.48. The minimum absolute atomic E-state index is 0.731. The fourth-order valence-electron chi connectivity index (χ4n) is 2.65. The van der Waals surface area contributed by atoms with E-state index in [1.54, 1.807) is 0 Å². The van der Waals surface area contributed by atoms with E-state index in [1.165, 1.54) is 51.6 Å². The second kappa shape index (κ2) is 5.32. The molecule has 3 fully saturated rings. The lowest BCUT2D eigenvalue weighted by Crippen LogP contribution is -2.29. The Morgan fingerprint density at radius 1 is 1.00 bits per heavy atom. The van der Waals surface area contributed by atoms with Crippen LogP contribution in [0.2, 0.25) is 0 Å². The van der Waals surface area contributed by atoms with Crippen LogP contribution in [-0.2, 0) is 6.54 Å². The van der Waals surface area contributed by atoms with E-state index in [1.807, 2.05) is 12.4 Å². The predicted octanol–water partition coefficient (Wildman–Crippen LogP) is 2.36. The van der Waals surface area contributed by atoms with Crippen LogP contribution in [0, 0.1) is 11.8 Å². The van der Waals surface area contributed by atoms with Crippen molar-refractivity contribution in [3.63, 3.8) is 0 Å². The van der Waals surface area contributed by atoms with E-state index >= 15 is 0 Å². The van der Waals surface area contributed by atoms with Crippen molar-refractivity contribution < 1.29 is 0 Å². The average Bonchev–Trinajstić information content (AvgIpc) is 3.31. The lowest BCUT2D eigenvalue weighted by Gasteiger charge is -2.23. The van der Waals surface area contributed by atoms with Gasteiger partial charge >= 0.3 is 0 Å². The van der Waals surface area contributed by atoms with Gasteiger partial charge in [0.25, 0.3) is 0 Å². The van der Waals surface area contributed by atoms with Crippen LogP contribution in [0.1, 0.15) is 44.2 Å². The largest absolute Gasteiger partial charge is 0.355 e. The van der Waals surface area contributed by atoms with E-state index in [9.17, 15) is 0 Å². The molecule has 0 atom stereocenters. The zero-order chi connectivity index (χ0) is 13.4. The molecule has 4 heteroatoms. The third-order valence-electron chi connectivity index (χ3n) is 4.50. The molecule has 0 aliphatic heterocycles. The first-order valence-electron chi connectivity index (χ1n) is 8.16. The third-order valence-corrected chi connectivity index (χ3v) is 4.50. The molecule has 3 aliphatic rings. The van der Waals surface area contributed by atoms with Gasteiger partial charge in [0.1, 0.15) is 5.82 Å². The van der Waals surface area contributed by atoms with Crippen LogP contribution >= 0.6 is 0 Å². The first-order valence-corrected chi connectivity index (χ1v) is 8.16. The van der Waals surface area contributed by atoms with E-state index < -0.39 is 0 Å². The molecule has 1 aromatic rings. The van der Waals surface area contributed by atoms with Crippen molar-refractivity contribution in [1.82, 2.24) is 15.3 Å². The number of hydrogen-bond donors (Lipinski definition) is 1. The van der Waals surface area contributed by atoms with Crippen molar-refractivity contribution in [2.24, 2.45) is 11.8 Å². The van der Waals surface area contributed by atoms with Crippen LogP contribution in [0.3, 0.4) is 0 Å². The number of rotatable bonds is 8. The molecule has 4 rings (SSSR count). The second-order valence-electron chi connectivity index (χ2n) is 6.82. The monoisotopic (exact) mass is 272 g/mol. The number of nitrogens with one attached hydrogen (secondary N) is 1. The van der Waals surface area contributed by atoms with Crippen LogP contribution < -0.4 is 10.2 Å². The Morgan fingerprint density at radius 2 is 1.70 bits per heavy atom. The first-order chi connectivity index (χ1) is 9.87. The lowest BCUT2D eigenvalue weighted by atomic mass is 10.3. The highest BCUT2D eigenvalue weighted by Gasteiger charge is 2.30. The molecule has 3 saturated carbocycles. The van der Waals surface area contributed by atoms with Gasteiger partial charge in [0.05, 0.1) is 11.9 Å². The van der Waals surface area contributed by atoms with E-state index in [0.717, 1.165) is 35.9 Å². The molecule has 1 heterocycles. The van der Waals surface area contributed by atoms with Crippen molar-refractivity contribution in [2.45, 2.75) is 51.1 Å². The summed E-state index contributed by atoms with van der Waals surface area (Å²) < 4.78 is 0. The van der Waals surface area contributed by atoms with E-state index in [-0.39, 0.29) is 0 Å². The molecule has 0 aromatic carbocycles. The Bertz CT molecular complexity index is 449. The molecule has 0 saturated heterocycles. The molecule has 108 valence electrons. The summed E-state index contributed by atoms with van der Waals surface area (Å²) in [6, 6.07) is 0.731. The normalized spacial score (nSPS) is 22.0. The Morgan fingerprint density at radius 3 is 2.30 bits per heavy atom. The SMILES string of the molecule is c1ncc(N(CC2CC2)CC2CC2)nc1CNC1CC1. The van der Waals surface area contributed by atoms with Gasteiger partial charge in [0.15, 0.2) is 0 Å². The first kappa shape index (κ1) is 12.6. The minimum atomic E-state index is 0.731. The van der Waals surface area contributed by atoms with Crippen molar-refractivity contribution >= 4 is 5.82 Å². The van der Waals surface area contributed by atoms with Crippen LogP contribution in [0.15, 0.2) is 12.4 Å². The molecule has 0 unspecified atom stereocenters. The maximum atomic E-state index is 4.84. The summed E-state index contributed by atoms with van der Waals surface area (Å²) in [5.74, 6) is 2.91. The summed E-state index contributed by atoms with van der Waals surface area (Å²) in [6.07, 6.45) is 12.1. The van der Waals surface area contributed by atoms with E-state index in [2.05, 4.69) is 15.2 Å². The minimum Gasteiger partial charge on any atom is -0.355 e. The van der Waals surface area contributed by atoms with Crippen molar-refractivity contribution in [1.29, 1.82) is 0 Å². The van der Waals surface area contributed by atoms with Crippen molar-refractivity contribution in [2.75, 3.05) is 18.0 Å². The quantitative estimate of drug-likeness (QED) is 0.789. The van der Waals surface area contributed by atoms with E-state index in [0.29, 0.717) is 0 Å². The van der Waals surface area contributed by atoms with Gasteiger partial charge in [-0.2, -0.15) is 0 Å². The highest BCUT2D eigenvalue weighted by Crippen LogP contribution is 2.35. The molecule has 1 aromatic heterocycles. The van der Waals surface area contributed by atoms with Crippen LogP contribution in [0.5, 0.6) is 0 Å². The summed E-state index contributed by atoms with van der Waals surface area (Å²) in [5, 5.41) is 3.52. The van der Waals surface area contributed by atoms with Gasteiger partial charge in [-0.1, -0.05) is 0 Å². The summed E-state index contributed by atoms with van der Waals surface area (Å²) in [6.45, 7) is 3.24. The van der Waals surface area contributed by atoms with Gasteiger partial charge in [-0.25, -0.2) is 4.98 Å². The Kier molecular flexibility index (Phi) is 3.34. The number of hydrogen-bond acceptors (Lipinski definition) is 4. The number of nitrogens with zero attached hydrogens (tertiary/aromatic N) is 3. The molecule has 0 radical (unpaired) electrons. The van der Waals surface area contributed by atoms with Gasteiger partial charge in [-0.3, -0.25) is 4.98 Å². The smallest absolute Gasteiger partial charge is 0.147 e. The molecule has 4 nitrogen and oxygen atoms in total. The molecular formula is C16H24N4. The van der Waals surface area contributed by atoms with Crippen LogP contribution in [0.25, 0.3) is 0 Å². The summed E-state index contributed by atoms with van der Waals surface area (Å²) in [7, 11) is 0. The van der Waals surface area contributed by atoms with Gasteiger partial charge in [-0.15, -0.1) is 0 Å². The van der Waals surface area contributed by atoms with Gasteiger partial charge in [-0.05, 0) is 50.4 Å². The zero-order valence-electron chi connectivity index (χ0n) is 12.1. The molecular weight excluding hydrogens is 248 g/mol. The lowest BCUT2D eigenvalue weighted by molar-refractivity contribution is 0.651. The number of aromatic nitrogens is 2. The average molecular weight is 272 g/mol. The molecule has 0 amide bonds. The summed E-state index contributed by atoms with van der Waals surface area (Å²) in [5.41, 5.74) is 1.09. The van der Waals surface area contributed by atoms with Crippen molar-refractivity contribution in [3.8, 4) is 0 Å². The van der Waals surface area contributed by atoms with E-state index in [4.69, 9.17) is 4.98 Å². The molecule has 20 heavy (non-hydrogen) atoms. The van der Waals surface area contributed by atoms with Crippen LogP contribution in [0.4, 0.5) is 5.82 Å². The highest BCUT2D eigenvalue weighted by atomic mass is 15.2. The van der Waals surface area contributed by atoms with Gasteiger partial charge in [0, 0.05) is 31.9 Å². The Hall–Kier alpha value is -1.16. The fraction of sp³-hybridized carbons (Fsp3) is 0.750. The molecule has 3 aliphatic carbocycles. The molecule has 0 bridgehead atoms. The maximum absolute atomic E-state index is 4.84. The highest BCUT2D eigenvalue weighted by molar-refractivity contribution is 5.37. The maximum Gasteiger partial charge on any atom is 0.147 e. The Labute approximate surface area is 121 Å². The molecule has 0 spiro atoms. The standard InChI is InChI=1S/C16H24N4/c1-2-12(1)10-20(11-13-3-4-13)16-9-17-7-15(19-16)8-18-14-5-6-14/h7,9,12-14,18H,1-6,8,10-11H2. The topological polar surface area (TPSA) is 41.1 Å². The van der Waals surface area contributed by atoms with Gasteiger partial charge in [0.2, 0.25) is 0 Å². The summed E-state index contributed by atoms with van der Waals surface area (Å²) in [4.78, 5) is 11.7. The molecule has 1 N–H and O–H groups in total. The predicted molar refractivity (Wildman–Crippen MR) is 79.6 cm³/mol. The number of anilines is 1. The van der Waals surface area contributed by atoms with Gasteiger partial charge < -0.3 is 10.2 Å². The zero-order valence-corrected chi connectivity index (χ0v) is 12.1. The van der Waals surface area contributed by atoms with Crippen LogP contribution in [-0.4, -0.2) is 29.1 Å². The second-order valence-corrected chi connectivity index (χ2v) is 6.82. The fourth-order valence-corrected chi connectivity index (χ4v) is 2.65. The Balaban J connectivity index is 1.43. The summed E-state index contributed by atoms with van der Waals surface area (Å²) >= 11 is 0. The van der Waals surface area contributed by atoms with Crippen molar-refractivity contribution in [3.05, 3.63) is 18.1 Å².